The molecule has 1 aromatic heterocycles. The molecule has 0 saturated heterocycles. The quantitative estimate of drug-likeness (QED) is 0.856. The van der Waals surface area contributed by atoms with Crippen molar-refractivity contribution < 1.29 is 4.74 Å². The highest BCUT2D eigenvalue weighted by Gasteiger charge is 2.02. The second-order valence-corrected chi connectivity index (χ2v) is 4.16. The standard InChI is InChI=1S/C12H15N3O/c1-9(2)6-10-4-3-5-11(7-10)16-12-8-13-15-14-12/h3-5,7-9H,6H2,1-2H3,(H,13,14,15). The zero-order valence-electron chi connectivity index (χ0n) is 9.47. The Labute approximate surface area is 94.6 Å². The van der Waals surface area contributed by atoms with Crippen LogP contribution >= 0.6 is 0 Å². The Morgan fingerprint density at radius 3 is 2.94 bits per heavy atom. The fourth-order valence-electron chi connectivity index (χ4n) is 1.57. The molecule has 0 unspecified atom stereocenters. The molecule has 0 atom stereocenters. The van der Waals surface area contributed by atoms with Crippen molar-refractivity contribution in [3.63, 3.8) is 0 Å². The summed E-state index contributed by atoms with van der Waals surface area (Å²) in [6, 6.07) is 8.05. The van der Waals surface area contributed by atoms with E-state index in [9.17, 15) is 0 Å². The SMILES string of the molecule is CC(C)Cc1cccc(Oc2cn[nH]n2)c1. The predicted molar refractivity (Wildman–Crippen MR) is 61.4 cm³/mol. The first-order valence-electron chi connectivity index (χ1n) is 5.36. The Balaban J connectivity index is 2.10. The van der Waals surface area contributed by atoms with Gasteiger partial charge in [0.25, 0.3) is 5.88 Å². The number of H-pyrrole nitrogens is 1. The van der Waals surface area contributed by atoms with Crippen molar-refractivity contribution in [2.45, 2.75) is 20.3 Å². The lowest BCUT2D eigenvalue weighted by molar-refractivity contribution is 0.460. The monoisotopic (exact) mass is 217 g/mol. The highest BCUT2D eigenvalue weighted by Crippen LogP contribution is 2.20. The van der Waals surface area contributed by atoms with Gasteiger partial charge in [-0.3, -0.25) is 0 Å². The molecular formula is C12H15N3O. The van der Waals surface area contributed by atoms with Gasteiger partial charge in [-0.2, -0.15) is 10.3 Å². The van der Waals surface area contributed by atoms with E-state index in [2.05, 4.69) is 35.3 Å². The third kappa shape index (κ3) is 2.82. The topological polar surface area (TPSA) is 50.8 Å². The summed E-state index contributed by atoms with van der Waals surface area (Å²) in [5.41, 5.74) is 1.27. The highest BCUT2D eigenvalue weighted by atomic mass is 16.5. The van der Waals surface area contributed by atoms with Crippen LogP contribution in [-0.4, -0.2) is 15.4 Å². The third-order valence-corrected chi connectivity index (χ3v) is 2.16. The fraction of sp³-hybridized carbons (Fsp3) is 0.333. The first-order chi connectivity index (χ1) is 7.74. The number of aromatic amines is 1. The van der Waals surface area contributed by atoms with Crippen LogP contribution in [0.25, 0.3) is 0 Å². The van der Waals surface area contributed by atoms with Crippen molar-refractivity contribution in [3.8, 4) is 11.6 Å². The Morgan fingerprint density at radius 1 is 1.38 bits per heavy atom. The molecule has 0 amide bonds. The van der Waals surface area contributed by atoms with E-state index in [0.717, 1.165) is 12.2 Å². The normalized spacial score (nSPS) is 10.7. The molecule has 0 bridgehead atoms. The van der Waals surface area contributed by atoms with Crippen LogP contribution in [0.15, 0.2) is 30.5 Å². The van der Waals surface area contributed by atoms with Gasteiger partial charge >= 0.3 is 0 Å². The Kier molecular flexibility index (Phi) is 3.19. The molecule has 0 fully saturated rings. The molecule has 0 spiro atoms. The van der Waals surface area contributed by atoms with Crippen molar-refractivity contribution in [1.82, 2.24) is 15.4 Å². The van der Waals surface area contributed by atoms with Crippen LogP contribution in [-0.2, 0) is 6.42 Å². The summed E-state index contributed by atoms with van der Waals surface area (Å²) in [4.78, 5) is 0. The van der Waals surface area contributed by atoms with E-state index >= 15 is 0 Å². The molecule has 0 aliphatic heterocycles. The van der Waals surface area contributed by atoms with E-state index < -0.39 is 0 Å². The van der Waals surface area contributed by atoms with E-state index in [-0.39, 0.29) is 0 Å². The van der Waals surface area contributed by atoms with Gasteiger partial charge in [0.15, 0.2) is 0 Å². The zero-order valence-corrected chi connectivity index (χ0v) is 9.47. The molecule has 4 nitrogen and oxygen atoms in total. The van der Waals surface area contributed by atoms with Crippen molar-refractivity contribution in [3.05, 3.63) is 36.0 Å². The third-order valence-electron chi connectivity index (χ3n) is 2.16. The van der Waals surface area contributed by atoms with E-state index in [1.54, 1.807) is 6.20 Å². The van der Waals surface area contributed by atoms with Crippen LogP contribution in [0, 0.1) is 5.92 Å². The second-order valence-electron chi connectivity index (χ2n) is 4.16. The Hall–Kier alpha value is -1.84. The molecule has 0 radical (unpaired) electrons. The largest absolute Gasteiger partial charge is 0.436 e. The highest BCUT2D eigenvalue weighted by molar-refractivity contribution is 5.31. The van der Waals surface area contributed by atoms with Gasteiger partial charge in [0, 0.05) is 0 Å². The number of ether oxygens (including phenoxy) is 1. The molecule has 16 heavy (non-hydrogen) atoms. The minimum atomic E-state index is 0.488. The molecule has 0 aliphatic carbocycles. The molecule has 2 rings (SSSR count). The maximum Gasteiger partial charge on any atom is 0.258 e. The number of rotatable bonds is 4. The molecular weight excluding hydrogens is 202 g/mol. The summed E-state index contributed by atoms with van der Waals surface area (Å²) >= 11 is 0. The number of hydrogen-bond acceptors (Lipinski definition) is 3. The summed E-state index contributed by atoms with van der Waals surface area (Å²) in [6.07, 6.45) is 2.60. The second kappa shape index (κ2) is 4.79. The smallest absolute Gasteiger partial charge is 0.258 e. The van der Waals surface area contributed by atoms with Crippen LogP contribution in [0.3, 0.4) is 0 Å². The van der Waals surface area contributed by atoms with Gasteiger partial charge in [0.1, 0.15) is 11.9 Å². The zero-order chi connectivity index (χ0) is 11.4. The Morgan fingerprint density at radius 2 is 2.25 bits per heavy atom. The number of benzene rings is 1. The first-order valence-corrected chi connectivity index (χ1v) is 5.36. The molecule has 1 heterocycles. The number of aromatic nitrogens is 3. The molecule has 0 saturated carbocycles. The van der Waals surface area contributed by atoms with E-state index in [0.29, 0.717) is 11.8 Å². The predicted octanol–water partition coefficient (Wildman–Crippen LogP) is 2.80. The van der Waals surface area contributed by atoms with E-state index in [1.165, 1.54) is 5.56 Å². The average Bonchev–Trinajstić information content (AvgIpc) is 2.70. The summed E-state index contributed by atoms with van der Waals surface area (Å²) in [6.45, 7) is 4.40. The lowest BCUT2D eigenvalue weighted by Gasteiger charge is -2.07. The average molecular weight is 217 g/mol. The van der Waals surface area contributed by atoms with E-state index in [4.69, 9.17) is 4.74 Å². The van der Waals surface area contributed by atoms with Crippen molar-refractivity contribution in [2.24, 2.45) is 5.92 Å². The maximum absolute atomic E-state index is 5.54. The van der Waals surface area contributed by atoms with Gasteiger partial charge in [0.2, 0.25) is 0 Å². The summed E-state index contributed by atoms with van der Waals surface area (Å²) < 4.78 is 5.54. The van der Waals surface area contributed by atoms with Crippen LogP contribution in [0.1, 0.15) is 19.4 Å². The molecule has 0 aliphatic rings. The lowest BCUT2D eigenvalue weighted by atomic mass is 10.0. The van der Waals surface area contributed by atoms with Gasteiger partial charge in [0.05, 0.1) is 0 Å². The molecule has 1 N–H and O–H groups in total. The minimum Gasteiger partial charge on any atom is -0.436 e. The molecule has 1 aromatic carbocycles. The van der Waals surface area contributed by atoms with Crippen molar-refractivity contribution in [2.75, 3.05) is 0 Å². The Bertz CT molecular complexity index is 437. The number of nitrogens with one attached hydrogen (secondary N) is 1. The van der Waals surface area contributed by atoms with Crippen LogP contribution in [0.2, 0.25) is 0 Å². The van der Waals surface area contributed by atoms with Gasteiger partial charge in [-0.05, 0) is 30.0 Å². The van der Waals surface area contributed by atoms with E-state index in [1.807, 2.05) is 18.2 Å². The number of hydrogen-bond donors (Lipinski definition) is 1. The fourth-order valence-corrected chi connectivity index (χ4v) is 1.57. The van der Waals surface area contributed by atoms with Gasteiger partial charge in [-0.25, -0.2) is 0 Å². The van der Waals surface area contributed by atoms with Crippen molar-refractivity contribution >= 4 is 0 Å². The molecule has 2 aromatic rings. The summed E-state index contributed by atoms with van der Waals surface area (Å²) in [7, 11) is 0. The van der Waals surface area contributed by atoms with Crippen LogP contribution in [0.5, 0.6) is 11.6 Å². The minimum absolute atomic E-state index is 0.488. The molecule has 84 valence electrons. The van der Waals surface area contributed by atoms with Gasteiger partial charge in [-0.15, -0.1) is 5.10 Å². The summed E-state index contributed by atoms with van der Waals surface area (Å²) in [5, 5.41) is 10.0. The lowest BCUT2D eigenvalue weighted by Crippen LogP contribution is -1.94. The van der Waals surface area contributed by atoms with Crippen molar-refractivity contribution in [1.29, 1.82) is 0 Å². The summed E-state index contributed by atoms with van der Waals surface area (Å²) in [5.74, 6) is 1.93. The number of nitrogens with zero attached hydrogens (tertiary/aromatic N) is 2. The maximum atomic E-state index is 5.54. The van der Waals surface area contributed by atoms with Gasteiger partial charge in [-0.1, -0.05) is 26.0 Å². The first kappa shape index (κ1) is 10.7. The van der Waals surface area contributed by atoms with Gasteiger partial charge < -0.3 is 4.74 Å². The molecule has 4 heteroatoms. The van der Waals surface area contributed by atoms with Crippen LogP contribution < -0.4 is 4.74 Å². The van der Waals surface area contributed by atoms with Crippen LogP contribution in [0.4, 0.5) is 0 Å².